The summed E-state index contributed by atoms with van der Waals surface area (Å²) in [6, 6.07) is 3.40. The molecule has 2 N–H and O–H groups in total. The molecule has 1 heterocycles. The second-order valence-electron chi connectivity index (χ2n) is 5.53. The Labute approximate surface area is 135 Å². The van der Waals surface area contributed by atoms with E-state index in [-0.39, 0.29) is 11.9 Å². The van der Waals surface area contributed by atoms with Crippen molar-refractivity contribution in [2.75, 3.05) is 13.2 Å². The lowest BCUT2D eigenvalue weighted by atomic mass is 10.1. The van der Waals surface area contributed by atoms with E-state index in [1.165, 1.54) is 0 Å². The number of hydrogen-bond acceptors (Lipinski definition) is 4. The number of carboxylic acids is 1. The van der Waals surface area contributed by atoms with Crippen molar-refractivity contribution in [3.8, 4) is 11.5 Å². The lowest BCUT2D eigenvalue weighted by Gasteiger charge is -2.22. The maximum absolute atomic E-state index is 12.1. The molecule has 118 valence electrons. The monoisotopic (exact) mass is 369 g/mol. The normalized spacial score (nSPS) is 23.5. The van der Waals surface area contributed by atoms with Gasteiger partial charge in [-0.2, -0.15) is 0 Å². The summed E-state index contributed by atoms with van der Waals surface area (Å²) < 4.78 is 11.9. The third-order valence-electron chi connectivity index (χ3n) is 3.93. The second-order valence-corrected chi connectivity index (χ2v) is 6.39. The fourth-order valence-corrected chi connectivity index (χ4v) is 3.23. The van der Waals surface area contributed by atoms with Gasteiger partial charge in [0.2, 0.25) is 5.91 Å². The topological polar surface area (TPSA) is 84.9 Å². The van der Waals surface area contributed by atoms with Crippen LogP contribution in [0.3, 0.4) is 0 Å². The molecule has 0 radical (unpaired) electrons. The van der Waals surface area contributed by atoms with Gasteiger partial charge in [0, 0.05) is 4.47 Å². The van der Waals surface area contributed by atoms with Crippen molar-refractivity contribution >= 4 is 27.8 Å². The molecule has 1 fully saturated rings. The summed E-state index contributed by atoms with van der Waals surface area (Å²) in [5, 5.41) is 11.7. The largest absolute Gasteiger partial charge is 0.486 e. The summed E-state index contributed by atoms with van der Waals surface area (Å²) in [6.07, 6.45) is 0.413. The third kappa shape index (κ3) is 2.90. The predicted octanol–water partition coefficient (Wildman–Crippen LogP) is 2.12. The van der Waals surface area contributed by atoms with Gasteiger partial charge in [-0.05, 0) is 31.0 Å². The summed E-state index contributed by atoms with van der Waals surface area (Å²) >= 11 is 3.47. The first-order valence-corrected chi connectivity index (χ1v) is 7.89. The molecule has 22 heavy (non-hydrogen) atoms. The first-order chi connectivity index (χ1) is 10.5. The van der Waals surface area contributed by atoms with Crippen molar-refractivity contribution in [2.24, 2.45) is 11.8 Å². The number of nitrogens with one attached hydrogen (secondary N) is 1. The molecule has 7 heteroatoms. The highest BCUT2D eigenvalue weighted by Gasteiger charge is 2.48. The lowest BCUT2D eigenvalue weighted by molar-refractivity contribution is -0.140. The number of hydrogen-bond donors (Lipinski definition) is 2. The van der Waals surface area contributed by atoms with Crippen molar-refractivity contribution in [1.29, 1.82) is 0 Å². The first-order valence-electron chi connectivity index (χ1n) is 7.09. The Morgan fingerprint density at radius 2 is 1.91 bits per heavy atom. The minimum atomic E-state index is -0.909. The van der Waals surface area contributed by atoms with Crippen LogP contribution in [0.1, 0.15) is 24.9 Å². The van der Waals surface area contributed by atoms with Gasteiger partial charge in [-0.3, -0.25) is 9.59 Å². The summed E-state index contributed by atoms with van der Waals surface area (Å²) in [5.41, 5.74) is 0.866. The number of ether oxygens (including phenoxy) is 2. The molecule has 6 nitrogen and oxygen atoms in total. The van der Waals surface area contributed by atoms with Crippen molar-refractivity contribution in [3.05, 3.63) is 22.2 Å². The van der Waals surface area contributed by atoms with Gasteiger partial charge in [-0.1, -0.05) is 15.9 Å². The molecule has 1 aliphatic carbocycles. The number of benzene rings is 1. The molecular weight excluding hydrogens is 354 g/mol. The fraction of sp³-hybridized carbons (Fsp3) is 0.467. The summed E-state index contributed by atoms with van der Waals surface area (Å²) in [6.45, 7) is 2.87. The van der Waals surface area contributed by atoms with E-state index in [0.717, 1.165) is 10.0 Å². The highest BCUT2D eigenvalue weighted by atomic mass is 79.9. The lowest BCUT2D eigenvalue weighted by Crippen LogP contribution is -2.29. The maximum atomic E-state index is 12.1. The second kappa shape index (κ2) is 5.79. The number of rotatable bonds is 4. The van der Waals surface area contributed by atoms with E-state index in [9.17, 15) is 9.59 Å². The predicted molar refractivity (Wildman–Crippen MR) is 80.9 cm³/mol. The Morgan fingerprint density at radius 3 is 2.50 bits per heavy atom. The Hall–Kier alpha value is -1.76. The zero-order valence-electron chi connectivity index (χ0n) is 12.0. The van der Waals surface area contributed by atoms with Gasteiger partial charge in [-0.15, -0.1) is 0 Å². The van der Waals surface area contributed by atoms with Crippen molar-refractivity contribution in [3.63, 3.8) is 0 Å². The standard InChI is InChI=1S/C15H16BrNO5/c1-7(17-14(18)9-4-10(9)15(19)20)8-5-12-13(6-11(8)16)22-3-2-21-12/h5-7,9-10H,2-4H2,1H3,(H,17,18)(H,19,20)/t7-,9-,10+/m0/s1. The molecule has 0 unspecified atom stereocenters. The van der Waals surface area contributed by atoms with Gasteiger partial charge in [-0.25, -0.2) is 0 Å². The molecule has 1 amide bonds. The summed E-state index contributed by atoms with van der Waals surface area (Å²) in [7, 11) is 0. The molecule has 1 aliphatic heterocycles. The molecule has 2 aliphatic rings. The smallest absolute Gasteiger partial charge is 0.307 e. The van der Waals surface area contributed by atoms with Crippen LogP contribution in [0, 0.1) is 11.8 Å². The number of carbonyl (C=O) groups is 2. The number of fused-ring (bicyclic) bond motifs is 1. The zero-order chi connectivity index (χ0) is 15.9. The Balaban J connectivity index is 1.71. The van der Waals surface area contributed by atoms with Gasteiger partial charge in [0.05, 0.1) is 17.9 Å². The number of carbonyl (C=O) groups excluding carboxylic acids is 1. The average Bonchev–Trinajstić information content (AvgIpc) is 3.27. The quantitative estimate of drug-likeness (QED) is 0.848. The molecule has 3 rings (SSSR count). The number of carboxylic acid groups (broad SMARTS) is 1. The van der Waals surface area contributed by atoms with Gasteiger partial charge in [0.15, 0.2) is 11.5 Å². The van der Waals surface area contributed by atoms with Crippen LogP contribution in [-0.2, 0) is 9.59 Å². The van der Waals surface area contributed by atoms with Crippen molar-refractivity contribution in [1.82, 2.24) is 5.32 Å². The van der Waals surface area contributed by atoms with Gasteiger partial charge in [0.1, 0.15) is 13.2 Å². The minimum absolute atomic E-state index is 0.221. The average molecular weight is 370 g/mol. The van der Waals surface area contributed by atoms with Crippen molar-refractivity contribution in [2.45, 2.75) is 19.4 Å². The fourth-order valence-electron chi connectivity index (χ4n) is 2.57. The van der Waals surface area contributed by atoms with Crippen LogP contribution < -0.4 is 14.8 Å². The zero-order valence-corrected chi connectivity index (χ0v) is 13.6. The van der Waals surface area contributed by atoms with E-state index in [1.54, 1.807) is 0 Å². The molecule has 0 saturated heterocycles. The van der Waals surface area contributed by atoms with Crippen LogP contribution in [0.2, 0.25) is 0 Å². The minimum Gasteiger partial charge on any atom is -0.486 e. The van der Waals surface area contributed by atoms with E-state index in [2.05, 4.69) is 21.2 Å². The summed E-state index contributed by atoms with van der Waals surface area (Å²) in [5.74, 6) is -0.768. The molecule has 0 spiro atoms. The number of amides is 1. The SMILES string of the molecule is C[C@H](NC(=O)[C@H]1C[C@H]1C(=O)O)c1cc2c(cc1Br)OCCO2. The Bertz CT molecular complexity index is 633. The molecule has 3 atom stereocenters. The van der Waals surface area contributed by atoms with E-state index in [0.29, 0.717) is 31.1 Å². The van der Waals surface area contributed by atoms with Crippen LogP contribution in [0.25, 0.3) is 0 Å². The molecule has 0 bridgehead atoms. The Kier molecular flexibility index (Phi) is 3.99. The highest BCUT2D eigenvalue weighted by molar-refractivity contribution is 9.10. The Morgan fingerprint density at radius 1 is 1.27 bits per heavy atom. The molecule has 1 aromatic carbocycles. The summed E-state index contributed by atoms with van der Waals surface area (Å²) in [4.78, 5) is 22.9. The highest BCUT2D eigenvalue weighted by Crippen LogP contribution is 2.40. The van der Waals surface area contributed by atoms with Gasteiger partial charge in [0.25, 0.3) is 0 Å². The van der Waals surface area contributed by atoms with Crippen LogP contribution in [0.4, 0.5) is 0 Å². The first kappa shape index (κ1) is 15.1. The number of aliphatic carboxylic acids is 1. The number of halogens is 1. The van der Waals surface area contributed by atoms with Crippen LogP contribution in [-0.4, -0.2) is 30.2 Å². The van der Waals surface area contributed by atoms with Crippen LogP contribution in [0.15, 0.2) is 16.6 Å². The third-order valence-corrected chi connectivity index (χ3v) is 4.62. The molecule has 1 saturated carbocycles. The van der Waals surface area contributed by atoms with Gasteiger partial charge >= 0.3 is 5.97 Å². The van der Waals surface area contributed by atoms with E-state index in [4.69, 9.17) is 14.6 Å². The van der Waals surface area contributed by atoms with E-state index < -0.39 is 17.8 Å². The van der Waals surface area contributed by atoms with Gasteiger partial charge < -0.3 is 19.9 Å². The van der Waals surface area contributed by atoms with Crippen molar-refractivity contribution < 1.29 is 24.2 Å². The van der Waals surface area contributed by atoms with E-state index >= 15 is 0 Å². The molecule has 0 aromatic heterocycles. The van der Waals surface area contributed by atoms with Crippen LogP contribution in [0.5, 0.6) is 11.5 Å². The maximum Gasteiger partial charge on any atom is 0.307 e. The molecule has 1 aromatic rings. The van der Waals surface area contributed by atoms with Crippen LogP contribution >= 0.6 is 15.9 Å². The van der Waals surface area contributed by atoms with E-state index in [1.807, 2.05) is 19.1 Å². The molecular formula is C15H16BrNO5.